The number of rotatable bonds is 11. The van der Waals surface area contributed by atoms with Gasteiger partial charge in [-0.15, -0.1) is 0 Å². The Hall–Kier alpha value is -2.55. The molecule has 0 saturated carbocycles. The van der Waals surface area contributed by atoms with E-state index in [1.807, 2.05) is 4.90 Å². The van der Waals surface area contributed by atoms with Crippen molar-refractivity contribution in [2.24, 2.45) is 5.41 Å². The first-order valence-corrected chi connectivity index (χ1v) is 14.0. The van der Waals surface area contributed by atoms with Crippen molar-refractivity contribution in [1.29, 1.82) is 0 Å². The second kappa shape index (κ2) is 11.7. The summed E-state index contributed by atoms with van der Waals surface area (Å²) in [4.78, 5) is 19.0. The van der Waals surface area contributed by atoms with E-state index in [1.54, 1.807) is 6.07 Å². The van der Waals surface area contributed by atoms with E-state index in [2.05, 4.69) is 31.3 Å². The molecule has 2 N–H and O–H groups in total. The van der Waals surface area contributed by atoms with Crippen LogP contribution >= 0.6 is 0 Å². The SMILES string of the molecule is CC1(C)COCC1c1ccc(F)cc1C(C(=O)O)N1CC(OCCCCCc2ccc3c(n2)NCCC3)C1. The number of carboxylic acids is 1. The number of benzene rings is 1. The summed E-state index contributed by atoms with van der Waals surface area (Å²) in [6.45, 7) is 8.07. The zero-order chi connectivity index (χ0) is 26.7. The Bertz CT molecular complexity index is 1130. The van der Waals surface area contributed by atoms with Crippen molar-refractivity contribution in [2.75, 3.05) is 44.8 Å². The van der Waals surface area contributed by atoms with Crippen molar-refractivity contribution in [2.45, 2.75) is 70.4 Å². The number of nitrogens with one attached hydrogen (secondary N) is 1. The number of carboxylic acid groups (broad SMARTS) is 1. The molecule has 0 aliphatic carbocycles. The van der Waals surface area contributed by atoms with Gasteiger partial charge in [0.1, 0.15) is 17.7 Å². The fraction of sp³-hybridized carbons (Fsp3) is 0.600. The molecule has 2 saturated heterocycles. The number of aromatic nitrogens is 1. The van der Waals surface area contributed by atoms with E-state index in [9.17, 15) is 14.3 Å². The van der Waals surface area contributed by atoms with E-state index in [0.717, 1.165) is 55.7 Å². The third-order valence-corrected chi connectivity index (χ3v) is 8.28. The molecule has 3 aliphatic heterocycles. The molecular weight excluding hydrogens is 485 g/mol. The van der Waals surface area contributed by atoms with E-state index in [-0.39, 0.29) is 17.4 Å². The van der Waals surface area contributed by atoms with Gasteiger partial charge in [-0.25, -0.2) is 9.37 Å². The molecule has 7 nitrogen and oxygen atoms in total. The average molecular weight is 526 g/mol. The lowest BCUT2D eigenvalue weighted by Crippen LogP contribution is -2.55. The molecule has 0 amide bonds. The smallest absolute Gasteiger partial charge is 0.325 e. The van der Waals surface area contributed by atoms with Crippen LogP contribution in [0.2, 0.25) is 0 Å². The lowest BCUT2D eigenvalue weighted by molar-refractivity contribution is -0.151. The first-order valence-electron chi connectivity index (χ1n) is 14.0. The summed E-state index contributed by atoms with van der Waals surface area (Å²) in [6.07, 6.45) is 6.34. The lowest BCUT2D eigenvalue weighted by Gasteiger charge is -2.43. The highest BCUT2D eigenvalue weighted by Gasteiger charge is 2.43. The number of anilines is 1. The van der Waals surface area contributed by atoms with Gasteiger partial charge in [-0.2, -0.15) is 0 Å². The molecule has 4 heterocycles. The molecule has 38 heavy (non-hydrogen) atoms. The van der Waals surface area contributed by atoms with E-state index >= 15 is 0 Å². The molecule has 5 rings (SSSR count). The topological polar surface area (TPSA) is 83.9 Å². The van der Waals surface area contributed by atoms with Crippen LogP contribution in [0.25, 0.3) is 0 Å². The minimum absolute atomic E-state index is 0.00787. The van der Waals surface area contributed by atoms with Gasteiger partial charge in [0.25, 0.3) is 0 Å². The standard InChI is InChI=1S/C30H40FN3O4/c1-30(2)19-37-18-26(30)24-12-10-21(31)15-25(24)27(29(35)36)34-16-23(17-34)38-14-5-3-4-8-22-11-9-20-7-6-13-32-28(20)33-22/h9-12,15,23,26-27H,3-8,13-14,16-19H2,1-2H3,(H,32,33)(H,35,36). The average Bonchev–Trinajstić information content (AvgIpc) is 3.22. The number of likely N-dealkylation sites (tertiary alicyclic amines) is 1. The van der Waals surface area contributed by atoms with E-state index < -0.39 is 17.8 Å². The number of fused-ring (bicyclic) bond motifs is 1. The van der Waals surface area contributed by atoms with Crippen molar-refractivity contribution in [3.63, 3.8) is 0 Å². The van der Waals surface area contributed by atoms with Crippen LogP contribution in [-0.2, 0) is 27.1 Å². The zero-order valence-corrected chi connectivity index (χ0v) is 22.5. The van der Waals surface area contributed by atoms with E-state index in [4.69, 9.17) is 14.5 Å². The van der Waals surface area contributed by atoms with Crippen molar-refractivity contribution in [1.82, 2.24) is 9.88 Å². The molecular formula is C30H40FN3O4. The summed E-state index contributed by atoms with van der Waals surface area (Å²) in [5.41, 5.74) is 3.72. The Morgan fingerprint density at radius 1 is 1.26 bits per heavy atom. The lowest BCUT2D eigenvalue weighted by atomic mass is 9.75. The zero-order valence-electron chi connectivity index (χ0n) is 22.5. The van der Waals surface area contributed by atoms with Crippen molar-refractivity contribution < 1.29 is 23.8 Å². The Morgan fingerprint density at radius 2 is 2.11 bits per heavy atom. The number of hydrogen-bond acceptors (Lipinski definition) is 6. The molecule has 0 bridgehead atoms. The fourth-order valence-electron chi connectivity index (χ4n) is 5.99. The van der Waals surface area contributed by atoms with Crippen LogP contribution in [0.15, 0.2) is 30.3 Å². The number of carbonyl (C=O) groups is 1. The van der Waals surface area contributed by atoms with Gasteiger partial charge in [-0.05, 0) is 72.4 Å². The quantitative estimate of drug-likeness (QED) is 0.401. The molecule has 2 unspecified atom stereocenters. The van der Waals surface area contributed by atoms with Crippen LogP contribution in [0.4, 0.5) is 10.2 Å². The molecule has 1 aromatic carbocycles. The maximum Gasteiger partial charge on any atom is 0.325 e. The number of aliphatic carboxylic acids is 1. The maximum atomic E-state index is 14.3. The van der Waals surface area contributed by atoms with Crippen LogP contribution < -0.4 is 5.32 Å². The number of pyridine rings is 1. The molecule has 206 valence electrons. The van der Waals surface area contributed by atoms with Gasteiger partial charge < -0.3 is 19.9 Å². The predicted molar refractivity (Wildman–Crippen MR) is 144 cm³/mol. The Kier molecular flexibility index (Phi) is 8.31. The Labute approximate surface area is 224 Å². The fourth-order valence-corrected chi connectivity index (χ4v) is 5.99. The first kappa shape index (κ1) is 27.0. The highest BCUT2D eigenvalue weighted by molar-refractivity contribution is 5.76. The van der Waals surface area contributed by atoms with Crippen LogP contribution in [0, 0.1) is 11.2 Å². The molecule has 3 aliphatic rings. The third kappa shape index (κ3) is 6.03. The Morgan fingerprint density at radius 3 is 2.87 bits per heavy atom. The third-order valence-electron chi connectivity index (χ3n) is 8.28. The molecule has 2 fully saturated rings. The van der Waals surface area contributed by atoms with Crippen molar-refractivity contribution >= 4 is 11.8 Å². The largest absolute Gasteiger partial charge is 0.480 e. The number of nitrogens with zero attached hydrogens (tertiary/aromatic N) is 2. The van der Waals surface area contributed by atoms with E-state index in [1.165, 1.54) is 24.1 Å². The van der Waals surface area contributed by atoms with Crippen molar-refractivity contribution in [3.8, 4) is 0 Å². The predicted octanol–water partition coefficient (Wildman–Crippen LogP) is 4.96. The molecule has 8 heteroatoms. The van der Waals surface area contributed by atoms with Gasteiger partial charge in [0.2, 0.25) is 0 Å². The van der Waals surface area contributed by atoms with Crippen molar-refractivity contribution in [3.05, 3.63) is 58.5 Å². The van der Waals surface area contributed by atoms with Crippen LogP contribution in [0.1, 0.15) is 73.9 Å². The number of ether oxygens (including phenoxy) is 2. The summed E-state index contributed by atoms with van der Waals surface area (Å²) < 4.78 is 26.0. The summed E-state index contributed by atoms with van der Waals surface area (Å²) in [5, 5.41) is 13.5. The molecule has 2 atom stereocenters. The van der Waals surface area contributed by atoms with Gasteiger partial charge in [0.15, 0.2) is 0 Å². The van der Waals surface area contributed by atoms with Crippen LogP contribution in [0.5, 0.6) is 0 Å². The summed E-state index contributed by atoms with van der Waals surface area (Å²) in [5.74, 6) is -0.294. The minimum atomic E-state index is -0.960. The first-order chi connectivity index (χ1) is 18.3. The molecule has 2 aromatic rings. The number of hydrogen-bond donors (Lipinski definition) is 2. The highest BCUT2D eigenvalue weighted by Crippen LogP contribution is 2.44. The Balaban J connectivity index is 1.08. The van der Waals surface area contributed by atoms with Gasteiger partial charge in [-0.3, -0.25) is 9.69 Å². The van der Waals surface area contributed by atoms with E-state index in [0.29, 0.717) is 38.5 Å². The monoisotopic (exact) mass is 525 g/mol. The van der Waals surface area contributed by atoms with Gasteiger partial charge in [-0.1, -0.05) is 32.4 Å². The molecule has 0 spiro atoms. The van der Waals surface area contributed by atoms with Gasteiger partial charge >= 0.3 is 5.97 Å². The normalized spacial score (nSPS) is 21.9. The number of halogens is 1. The minimum Gasteiger partial charge on any atom is -0.480 e. The maximum absolute atomic E-state index is 14.3. The summed E-state index contributed by atoms with van der Waals surface area (Å²) in [6, 6.07) is 8.02. The molecule has 0 radical (unpaired) electrons. The van der Waals surface area contributed by atoms with Gasteiger partial charge in [0.05, 0.1) is 19.3 Å². The number of unbranched alkanes of at least 4 members (excludes halogenated alkanes) is 2. The second-order valence-electron chi connectivity index (χ2n) is 11.7. The summed E-state index contributed by atoms with van der Waals surface area (Å²) >= 11 is 0. The highest BCUT2D eigenvalue weighted by atomic mass is 19.1. The molecule has 1 aromatic heterocycles. The summed E-state index contributed by atoms with van der Waals surface area (Å²) in [7, 11) is 0. The van der Waals surface area contributed by atoms with Crippen LogP contribution in [-0.4, -0.2) is 66.5 Å². The second-order valence-corrected chi connectivity index (χ2v) is 11.7. The number of aryl methyl sites for hydroxylation is 2. The van der Waals surface area contributed by atoms with Crippen LogP contribution in [0.3, 0.4) is 0 Å². The van der Waals surface area contributed by atoms with Gasteiger partial charge in [0, 0.05) is 37.9 Å².